The van der Waals surface area contributed by atoms with Gasteiger partial charge in [-0.1, -0.05) is 243 Å². The summed E-state index contributed by atoms with van der Waals surface area (Å²) in [6.07, 6.45) is 0. The van der Waals surface area contributed by atoms with Crippen molar-refractivity contribution in [3.05, 3.63) is 364 Å². The molecule has 8 aromatic heterocycles. The Morgan fingerprint density at radius 1 is 0.175 bits per heavy atom. The first kappa shape index (κ1) is 63.3. The van der Waals surface area contributed by atoms with Crippen molar-refractivity contribution in [2.24, 2.45) is 0 Å². The monoisotopic (exact) mass is 1460 g/mol. The smallest absolute Gasteiger partial charge is 0.164 e. The summed E-state index contributed by atoms with van der Waals surface area (Å²) in [5.74, 6) is 3.44. The normalized spacial score (nSPS) is 12.0. The van der Waals surface area contributed by atoms with Crippen molar-refractivity contribution in [3.8, 4) is 102 Å². The van der Waals surface area contributed by atoms with Gasteiger partial charge in [0.2, 0.25) is 0 Å². The highest BCUT2D eigenvalue weighted by Crippen LogP contribution is 2.50. The van der Waals surface area contributed by atoms with Crippen molar-refractivity contribution in [1.29, 1.82) is 0 Å². The van der Waals surface area contributed by atoms with Crippen LogP contribution in [0.15, 0.2) is 373 Å². The third-order valence-electron chi connectivity index (χ3n) is 22.8. The Hall–Kier alpha value is -15.7. The van der Waals surface area contributed by atoms with Crippen LogP contribution >= 0.6 is 0 Å². The lowest BCUT2D eigenvalue weighted by Gasteiger charge is -2.12. The molecule has 0 bridgehead atoms. The zero-order chi connectivity index (χ0) is 74.6. The summed E-state index contributed by atoms with van der Waals surface area (Å²) in [5, 5.41) is 13.1. The largest absolute Gasteiger partial charge is 0.456 e. The molecule has 114 heavy (non-hydrogen) atoms. The van der Waals surface area contributed by atoms with Gasteiger partial charge in [-0.05, 0) is 132 Å². The van der Waals surface area contributed by atoms with Gasteiger partial charge in [-0.25, -0.2) is 29.9 Å². The van der Waals surface area contributed by atoms with Crippen molar-refractivity contribution in [3.63, 3.8) is 0 Å². The second-order valence-corrected chi connectivity index (χ2v) is 29.2. The van der Waals surface area contributed by atoms with Crippen LogP contribution in [0.2, 0.25) is 0 Å². The van der Waals surface area contributed by atoms with Gasteiger partial charge in [-0.15, -0.1) is 0 Å². The number of hydrogen-bond donors (Lipinski definition) is 0. The van der Waals surface area contributed by atoms with E-state index in [1.54, 1.807) is 0 Å². The molecule has 0 N–H and O–H groups in total. The van der Waals surface area contributed by atoms with E-state index >= 15 is 0 Å². The molecule has 0 atom stereocenters. The van der Waals surface area contributed by atoms with E-state index in [1.165, 1.54) is 10.8 Å². The van der Waals surface area contributed by atoms with E-state index in [0.29, 0.717) is 34.9 Å². The fraction of sp³-hybridized carbons (Fsp3) is 0. The number of nitrogens with zero attached hydrogens (tertiary/aromatic N) is 10. The van der Waals surface area contributed by atoms with E-state index in [9.17, 15) is 0 Å². The second kappa shape index (κ2) is 24.9. The van der Waals surface area contributed by atoms with Crippen molar-refractivity contribution in [2.75, 3.05) is 0 Å². The van der Waals surface area contributed by atoms with Crippen LogP contribution in [0.4, 0.5) is 0 Å². The Kier molecular flexibility index (Phi) is 13.8. The second-order valence-electron chi connectivity index (χ2n) is 29.2. The van der Waals surface area contributed by atoms with Crippen LogP contribution in [0, 0.1) is 0 Å². The Morgan fingerprint density at radius 2 is 0.535 bits per heavy atom. The minimum Gasteiger partial charge on any atom is -0.456 e. The maximum atomic E-state index is 7.36. The molecule has 16 aromatic carbocycles. The number of para-hydroxylation sites is 5. The highest BCUT2D eigenvalue weighted by molar-refractivity contribution is 6.35. The van der Waals surface area contributed by atoms with Gasteiger partial charge in [0.25, 0.3) is 0 Å². The number of fused-ring (bicyclic) bond motifs is 22. The minimum atomic E-state index is 0.548. The highest BCUT2D eigenvalue weighted by Gasteiger charge is 2.29. The molecule has 0 radical (unpaired) electrons. The Bertz CT molecular complexity index is 8040. The van der Waals surface area contributed by atoms with Crippen molar-refractivity contribution < 1.29 is 8.83 Å². The van der Waals surface area contributed by atoms with E-state index in [4.69, 9.17) is 38.7 Å². The summed E-state index contributed by atoms with van der Waals surface area (Å²) in [7, 11) is 0. The lowest BCUT2D eigenvalue weighted by atomic mass is 10.00. The van der Waals surface area contributed by atoms with Gasteiger partial charge in [-0.3, -0.25) is 0 Å². The molecule has 0 spiro atoms. The summed E-state index contributed by atoms with van der Waals surface area (Å²) >= 11 is 0. The molecule has 0 aliphatic heterocycles. The molecule has 0 saturated heterocycles. The van der Waals surface area contributed by atoms with Crippen LogP contribution < -0.4 is 0 Å². The predicted octanol–water partition coefficient (Wildman–Crippen LogP) is 25.9. The number of furan rings is 2. The summed E-state index contributed by atoms with van der Waals surface area (Å²) < 4.78 is 23.7. The molecule has 24 aromatic rings. The molecular weight excluding hydrogens is 1400 g/mol. The highest BCUT2D eigenvalue weighted by atomic mass is 16.3. The lowest BCUT2D eigenvalue weighted by Crippen LogP contribution is -2.01. The number of rotatable bonds is 11. The minimum absolute atomic E-state index is 0.548. The summed E-state index contributed by atoms with van der Waals surface area (Å²) in [6, 6.07) is 128. The van der Waals surface area contributed by atoms with Crippen molar-refractivity contribution >= 4 is 131 Å². The molecule has 0 aliphatic rings. The Morgan fingerprint density at radius 3 is 1.06 bits per heavy atom. The molecule has 24 rings (SSSR count). The summed E-state index contributed by atoms with van der Waals surface area (Å²) in [6.45, 7) is 0. The third-order valence-corrected chi connectivity index (χ3v) is 22.8. The van der Waals surface area contributed by atoms with E-state index in [2.05, 4.69) is 297 Å². The van der Waals surface area contributed by atoms with Crippen LogP contribution in [0.1, 0.15) is 0 Å². The molecule has 8 heterocycles. The quantitative estimate of drug-likeness (QED) is 0.125. The van der Waals surface area contributed by atoms with Crippen LogP contribution in [0.25, 0.3) is 233 Å². The molecule has 12 heteroatoms. The van der Waals surface area contributed by atoms with E-state index in [1.807, 2.05) is 84.9 Å². The number of hydrogen-bond acceptors (Lipinski definition) is 8. The van der Waals surface area contributed by atoms with Gasteiger partial charge in [-0.2, -0.15) is 0 Å². The standard InChI is InChI=1S/C102H60N10O2/c1-6-25-61(26-7-1)97-103-98(62-27-8-2-9-28-62)106-101(105-97)67-33-24-40-72(59-67)110-84-52-49-76-74-42-17-20-45-81(74)112(70-37-14-5-15-38-70)95(76)92(84)93-85(110)53-50-77-79-60-65(47-55-87(79)114-96(77)93)64-31-22-32-66(57-64)100-104-99(63-29-10-3-11-30-63)107-102(108-100)68-34-23-39-71(58-68)109-82-54-56-88-89(78-43-18-21-46-86(78)113-88)90(82)91-83(109)51-48-75-73-41-16-19-44-80(73)111(94(75)91)69-35-12-4-13-36-69/h1-60H. The third kappa shape index (κ3) is 9.71. The molecule has 12 nitrogen and oxygen atoms in total. The fourth-order valence-electron chi connectivity index (χ4n) is 17.8. The average Bonchev–Trinajstić information content (AvgIpc) is 1.53. The molecular formula is C102H60N10O2. The SMILES string of the molecule is c1ccc(-c2nc(-c3ccccc3)nc(-c3cccc(-n4c5ccc6c7cc(-c8cccc(-c9nc(-c%10ccccc%10)nc(-c%10cccc(-n%11c%12ccc%13oc%14ccccc%14c%13c%12c%12c%11ccc%11c%13ccccc%13n(-c%13ccccc%13)c%11%12)c%10)n9)c8)ccc7oc6c5c5c4ccc4c6ccccc6n(-c6ccccc6)c45)c3)n2)cc1. The van der Waals surface area contributed by atoms with Gasteiger partial charge < -0.3 is 27.1 Å². The molecule has 0 amide bonds. The first-order chi connectivity index (χ1) is 56.5. The van der Waals surface area contributed by atoms with Crippen LogP contribution in [-0.4, -0.2) is 48.2 Å². The molecule has 0 aliphatic carbocycles. The topological polar surface area (TPSA) is 123 Å². The van der Waals surface area contributed by atoms with Crippen LogP contribution in [0.3, 0.4) is 0 Å². The first-order valence-corrected chi connectivity index (χ1v) is 38.3. The predicted molar refractivity (Wildman–Crippen MR) is 463 cm³/mol. The van der Waals surface area contributed by atoms with Crippen molar-refractivity contribution in [1.82, 2.24) is 48.2 Å². The van der Waals surface area contributed by atoms with Crippen molar-refractivity contribution in [2.45, 2.75) is 0 Å². The maximum Gasteiger partial charge on any atom is 0.164 e. The summed E-state index contributed by atoms with van der Waals surface area (Å²) in [4.78, 5) is 31.5. The van der Waals surface area contributed by atoms with Gasteiger partial charge in [0.15, 0.2) is 34.9 Å². The fourth-order valence-corrected chi connectivity index (χ4v) is 17.8. The van der Waals surface area contributed by atoms with Gasteiger partial charge >= 0.3 is 0 Å². The molecule has 0 unspecified atom stereocenters. The van der Waals surface area contributed by atoms with Gasteiger partial charge in [0, 0.05) is 115 Å². The van der Waals surface area contributed by atoms with Crippen LogP contribution in [-0.2, 0) is 0 Å². The van der Waals surface area contributed by atoms with E-state index in [-0.39, 0.29) is 0 Å². The van der Waals surface area contributed by atoms with E-state index in [0.717, 1.165) is 188 Å². The van der Waals surface area contributed by atoms with Gasteiger partial charge in [0.05, 0.1) is 49.5 Å². The molecule has 0 saturated carbocycles. The summed E-state index contributed by atoms with van der Waals surface area (Å²) in [5.41, 5.74) is 23.2. The Labute approximate surface area is 650 Å². The van der Waals surface area contributed by atoms with Crippen LogP contribution in [0.5, 0.6) is 0 Å². The molecule has 0 fully saturated rings. The van der Waals surface area contributed by atoms with E-state index < -0.39 is 0 Å². The average molecular weight is 1460 g/mol. The lowest BCUT2D eigenvalue weighted by molar-refractivity contribution is 0.669. The van der Waals surface area contributed by atoms with Gasteiger partial charge in [0.1, 0.15) is 22.3 Å². The molecule has 530 valence electrons. The maximum absolute atomic E-state index is 7.36. The Balaban J connectivity index is 0.664. The zero-order valence-corrected chi connectivity index (χ0v) is 60.9. The number of aromatic nitrogens is 10. The first-order valence-electron chi connectivity index (χ1n) is 38.3. The zero-order valence-electron chi connectivity index (χ0n) is 60.9. The number of benzene rings is 16.